The Balaban J connectivity index is 1.58. The molecule has 1 unspecified atom stereocenters. The lowest BCUT2D eigenvalue weighted by molar-refractivity contribution is -0.122. The number of rotatable bonds is 8. The van der Waals surface area contributed by atoms with E-state index < -0.39 is 11.9 Å². The Morgan fingerprint density at radius 3 is 2.39 bits per heavy atom. The monoisotopic (exact) mass is 489 g/mol. The van der Waals surface area contributed by atoms with Gasteiger partial charge in [0, 0.05) is 24.7 Å². The molecule has 8 heteroatoms. The molecule has 8 nitrogen and oxygen atoms in total. The number of carbonyl (C=O) groups excluding carboxylic acids is 4. The summed E-state index contributed by atoms with van der Waals surface area (Å²) in [5.74, 6) is -0.653. The molecule has 0 bridgehead atoms. The van der Waals surface area contributed by atoms with E-state index in [2.05, 4.69) is 11.4 Å². The predicted octanol–water partition coefficient (Wildman–Crippen LogP) is 4.32. The van der Waals surface area contributed by atoms with Crippen molar-refractivity contribution in [2.45, 2.75) is 51.5 Å². The van der Waals surface area contributed by atoms with Gasteiger partial charge in [0.15, 0.2) is 0 Å². The van der Waals surface area contributed by atoms with Gasteiger partial charge in [0.1, 0.15) is 11.8 Å². The van der Waals surface area contributed by atoms with Gasteiger partial charge >= 0.3 is 0 Å². The summed E-state index contributed by atoms with van der Waals surface area (Å²) in [6, 6.07) is 12.4. The van der Waals surface area contributed by atoms with Crippen molar-refractivity contribution in [3.8, 4) is 5.75 Å². The second kappa shape index (κ2) is 11.2. The molecule has 188 valence electrons. The van der Waals surface area contributed by atoms with Gasteiger partial charge < -0.3 is 15.0 Å². The van der Waals surface area contributed by atoms with E-state index in [-0.39, 0.29) is 24.1 Å². The highest BCUT2D eigenvalue weighted by atomic mass is 16.5. The molecular weight excluding hydrogens is 458 g/mol. The normalized spacial score (nSPS) is 17.6. The molecular formula is C28H31N3O5. The molecule has 0 radical (unpaired) electrons. The third-order valence-corrected chi connectivity index (χ3v) is 6.60. The Morgan fingerprint density at radius 1 is 1.06 bits per heavy atom. The minimum absolute atomic E-state index is 0.0762. The summed E-state index contributed by atoms with van der Waals surface area (Å²) in [6.45, 7) is 1.76. The van der Waals surface area contributed by atoms with Crippen LogP contribution in [0.1, 0.15) is 55.8 Å². The molecule has 1 aliphatic carbocycles. The third-order valence-electron chi connectivity index (χ3n) is 6.60. The maximum absolute atomic E-state index is 13.6. The van der Waals surface area contributed by atoms with Gasteiger partial charge in [-0.2, -0.15) is 0 Å². The fourth-order valence-electron chi connectivity index (χ4n) is 4.72. The van der Waals surface area contributed by atoms with Crippen LogP contribution in [0.2, 0.25) is 0 Å². The number of methoxy groups -OCH3 is 1. The highest BCUT2D eigenvalue weighted by molar-refractivity contribution is 6.23. The number of anilines is 2. The van der Waals surface area contributed by atoms with E-state index in [4.69, 9.17) is 4.74 Å². The van der Waals surface area contributed by atoms with E-state index in [1.807, 2.05) is 0 Å². The van der Waals surface area contributed by atoms with E-state index in [0.29, 0.717) is 35.7 Å². The molecule has 4 amide bonds. The van der Waals surface area contributed by atoms with E-state index in [1.54, 1.807) is 60.5 Å². The molecule has 36 heavy (non-hydrogen) atoms. The molecule has 2 aromatic carbocycles. The van der Waals surface area contributed by atoms with Crippen molar-refractivity contribution in [1.82, 2.24) is 4.90 Å². The van der Waals surface area contributed by atoms with E-state index >= 15 is 0 Å². The number of hydrogen-bond acceptors (Lipinski definition) is 5. The van der Waals surface area contributed by atoms with Gasteiger partial charge in [-0.15, -0.1) is 0 Å². The molecule has 1 N–H and O–H groups in total. The Bertz CT molecular complexity index is 1170. The van der Waals surface area contributed by atoms with Crippen molar-refractivity contribution in [3.63, 3.8) is 0 Å². The topological polar surface area (TPSA) is 96.0 Å². The third kappa shape index (κ3) is 5.64. The first-order valence-corrected chi connectivity index (χ1v) is 12.2. The van der Waals surface area contributed by atoms with Crippen LogP contribution in [0.4, 0.5) is 11.4 Å². The van der Waals surface area contributed by atoms with Gasteiger partial charge in [-0.25, -0.2) is 4.90 Å². The molecule has 1 saturated heterocycles. The first kappa shape index (κ1) is 25.2. The van der Waals surface area contributed by atoms with E-state index in [1.165, 1.54) is 18.9 Å². The minimum Gasteiger partial charge on any atom is -0.497 e. The molecule has 1 aliphatic heterocycles. The van der Waals surface area contributed by atoms with Crippen LogP contribution in [-0.2, 0) is 14.4 Å². The summed E-state index contributed by atoms with van der Waals surface area (Å²) in [7, 11) is 1.56. The smallest absolute Gasteiger partial charge is 0.257 e. The molecule has 1 fully saturated rings. The molecule has 0 aromatic heterocycles. The summed E-state index contributed by atoms with van der Waals surface area (Å²) >= 11 is 0. The van der Waals surface area contributed by atoms with E-state index in [0.717, 1.165) is 24.2 Å². The molecule has 1 atom stereocenters. The quantitative estimate of drug-likeness (QED) is 0.440. The van der Waals surface area contributed by atoms with Crippen LogP contribution in [0, 0.1) is 0 Å². The Morgan fingerprint density at radius 2 is 1.78 bits per heavy atom. The Labute approximate surface area is 210 Å². The largest absolute Gasteiger partial charge is 0.497 e. The van der Waals surface area contributed by atoms with Crippen LogP contribution in [0.15, 0.2) is 60.2 Å². The van der Waals surface area contributed by atoms with Crippen LogP contribution >= 0.6 is 0 Å². The van der Waals surface area contributed by atoms with Gasteiger partial charge in [-0.05, 0) is 80.6 Å². The number of ether oxygens (including phenoxy) is 1. The van der Waals surface area contributed by atoms with Crippen molar-refractivity contribution in [1.29, 1.82) is 0 Å². The predicted molar refractivity (Wildman–Crippen MR) is 137 cm³/mol. The fourth-order valence-corrected chi connectivity index (χ4v) is 4.72. The first-order valence-electron chi connectivity index (χ1n) is 12.2. The van der Waals surface area contributed by atoms with E-state index in [9.17, 15) is 19.2 Å². The number of carbonyl (C=O) groups is 4. The van der Waals surface area contributed by atoms with Crippen LogP contribution in [-0.4, -0.2) is 48.2 Å². The number of hydrogen-bond donors (Lipinski definition) is 1. The second-order valence-electron chi connectivity index (χ2n) is 9.10. The second-order valence-corrected chi connectivity index (χ2v) is 9.10. The van der Waals surface area contributed by atoms with Gasteiger partial charge in [-0.1, -0.05) is 11.6 Å². The molecule has 4 rings (SSSR count). The van der Waals surface area contributed by atoms with Crippen molar-refractivity contribution in [3.05, 3.63) is 65.7 Å². The van der Waals surface area contributed by atoms with Gasteiger partial charge in [0.25, 0.3) is 11.8 Å². The number of imide groups is 1. The summed E-state index contributed by atoms with van der Waals surface area (Å²) in [6.07, 6.45) is 7.15. The fraction of sp³-hybridized carbons (Fsp3) is 0.357. The number of benzene rings is 2. The minimum atomic E-state index is -0.883. The molecule has 2 aliphatic rings. The average Bonchev–Trinajstić information content (AvgIpc) is 3.18. The first-order chi connectivity index (χ1) is 17.4. The maximum atomic E-state index is 13.6. The lowest BCUT2D eigenvalue weighted by Crippen LogP contribution is -2.46. The van der Waals surface area contributed by atoms with Crippen LogP contribution in [0.3, 0.4) is 0 Å². The lowest BCUT2D eigenvalue weighted by Gasteiger charge is -2.29. The van der Waals surface area contributed by atoms with Crippen molar-refractivity contribution >= 4 is 35.0 Å². The summed E-state index contributed by atoms with van der Waals surface area (Å²) in [5, 5.41) is 2.67. The van der Waals surface area contributed by atoms with Crippen molar-refractivity contribution in [2.24, 2.45) is 0 Å². The lowest BCUT2D eigenvalue weighted by atomic mass is 9.96. The standard InChI is InChI=1S/C28H31N3O5/c1-19(32)29-22-10-12-23(13-11-22)31-26(33)18-25(28(31)35)30(17-16-20-6-4-3-5-7-20)27(34)21-8-14-24(36-2)15-9-21/h6,8-15,25H,3-5,7,16-18H2,1-2H3,(H,29,32). The highest BCUT2D eigenvalue weighted by Gasteiger charge is 2.44. The summed E-state index contributed by atoms with van der Waals surface area (Å²) in [5.41, 5.74) is 2.70. The van der Waals surface area contributed by atoms with Crippen LogP contribution < -0.4 is 15.0 Å². The van der Waals surface area contributed by atoms with Gasteiger partial charge in [0.05, 0.1) is 19.2 Å². The summed E-state index contributed by atoms with van der Waals surface area (Å²) in [4.78, 5) is 54.1. The van der Waals surface area contributed by atoms with Crippen LogP contribution in [0.5, 0.6) is 5.75 Å². The van der Waals surface area contributed by atoms with Crippen LogP contribution in [0.25, 0.3) is 0 Å². The molecule has 2 aromatic rings. The number of nitrogens with one attached hydrogen (secondary N) is 1. The SMILES string of the molecule is COc1ccc(C(=O)N(CCC2=CCCCC2)C2CC(=O)N(c3ccc(NC(C)=O)cc3)C2=O)cc1. The zero-order valence-corrected chi connectivity index (χ0v) is 20.7. The van der Waals surface area contributed by atoms with Crippen molar-refractivity contribution in [2.75, 3.05) is 23.9 Å². The molecule has 0 saturated carbocycles. The van der Waals surface area contributed by atoms with Gasteiger partial charge in [-0.3, -0.25) is 19.2 Å². The Kier molecular flexibility index (Phi) is 7.83. The number of amides is 4. The molecule has 1 heterocycles. The average molecular weight is 490 g/mol. The van der Waals surface area contributed by atoms with Gasteiger partial charge in [0.2, 0.25) is 11.8 Å². The maximum Gasteiger partial charge on any atom is 0.257 e. The Hall–Kier alpha value is -3.94. The molecule has 0 spiro atoms. The van der Waals surface area contributed by atoms with Crippen molar-refractivity contribution < 1.29 is 23.9 Å². The number of allylic oxidation sites excluding steroid dienone is 1. The summed E-state index contributed by atoms with van der Waals surface area (Å²) < 4.78 is 5.20. The zero-order valence-electron chi connectivity index (χ0n) is 20.7. The highest BCUT2D eigenvalue weighted by Crippen LogP contribution is 2.29. The zero-order chi connectivity index (χ0) is 25.7. The number of nitrogens with zero attached hydrogens (tertiary/aromatic N) is 2.